The number of hydrogen-bond donors (Lipinski definition) is 0. The molecule has 0 aliphatic carbocycles. The Kier molecular flexibility index (Phi) is 3.32. The first kappa shape index (κ1) is 15.3. The van der Waals surface area contributed by atoms with Gasteiger partial charge in [0.05, 0.1) is 12.1 Å². The third kappa shape index (κ3) is 2.20. The molecule has 2 heterocycles. The van der Waals surface area contributed by atoms with E-state index in [0.29, 0.717) is 11.3 Å². The second-order valence-electron chi connectivity index (χ2n) is 6.13. The molecular formula is C20H15NO4. The van der Waals surface area contributed by atoms with Crippen LogP contribution in [0, 0.1) is 0 Å². The van der Waals surface area contributed by atoms with E-state index in [0.717, 1.165) is 10.5 Å². The molecule has 0 N–H and O–H groups in total. The van der Waals surface area contributed by atoms with Crippen molar-refractivity contribution in [3.05, 3.63) is 71.5 Å². The number of allylic oxidation sites excluding steroid dienone is 1. The molecule has 1 atom stereocenters. The zero-order valence-corrected chi connectivity index (χ0v) is 13.6. The number of amides is 2. The van der Waals surface area contributed by atoms with E-state index in [2.05, 4.69) is 0 Å². The summed E-state index contributed by atoms with van der Waals surface area (Å²) in [5.41, 5.74) is 0.402. The molecule has 5 nitrogen and oxygen atoms in total. The Hall–Kier alpha value is -3.21. The summed E-state index contributed by atoms with van der Waals surface area (Å²) in [6.07, 6.45) is 1.52. The maximum absolute atomic E-state index is 13.0. The van der Waals surface area contributed by atoms with Gasteiger partial charge in [0.25, 0.3) is 5.91 Å². The fourth-order valence-corrected chi connectivity index (χ4v) is 3.40. The molecule has 25 heavy (non-hydrogen) atoms. The lowest BCUT2D eigenvalue weighted by Crippen LogP contribution is -2.42. The lowest BCUT2D eigenvalue weighted by molar-refractivity contribution is -0.138. The van der Waals surface area contributed by atoms with Crippen molar-refractivity contribution in [2.45, 2.75) is 18.9 Å². The second kappa shape index (κ2) is 5.41. The minimum absolute atomic E-state index is 0.106. The Bertz CT molecular complexity index is 932. The van der Waals surface area contributed by atoms with E-state index in [-0.39, 0.29) is 18.0 Å². The largest absolute Gasteiger partial charge is 0.468 e. The monoisotopic (exact) mass is 333 g/mol. The first-order chi connectivity index (χ1) is 12.0. The number of ketones is 1. The lowest BCUT2D eigenvalue weighted by Gasteiger charge is -2.21. The van der Waals surface area contributed by atoms with Crippen molar-refractivity contribution < 1.29 is 19.1 Å². The first-order valence-corrected chi connectivity index (χ1v) is 7.96. The summed E-state index contributed by atoms with van der Waals surface area (Å²) < 4.78 is 5.91. The molecule has 0 bridgehead atoms. The van der Waals surface area contributed by atoms with Crippen molar-refractivity contribution >= 4 is 29.4 Å². The molecule has 124 valence electrons. The van der Waals surface area contributed by atoms with Crippen LogP contribution in [-0.2, 0) is 24.7 Å². The third-order valence-corrected chi connectivity index (χ3v) is 4.51. The van der Waals surface area contributed by atoms with Crippen molar-refractivity contribution in [1.29, 1.82) is 0 Å². The van der Waals surface area contributed by atoms with Crippen LogP contribution in [0.2, 0.25) is 0 Å². The van der Waals surface area contributed by atoms with Crippen LogP contribution in [-0.4, -0.2) is 17.6 Å². The zero-order valence-electron chi connectivity index (χ0n) is 13.6. The Morgan fingerprint density at radius 2 is 1.76 bits per heavy atom. The smallest absolute Gasteiger partial charge is 0.283 e. The number of fused-ring (bicyclic) bond motifs is 2. The maximum Gasteiger partial charge on any atom is 0.283 e. The van der Waals surface area contributed by atoms with Gasteiger partial charge in [-0.1, -0.05) is 48.5 Å². The molecular weight excluding hydrogens is 318 g/mol. The van der Waals surface area contributed by atoms with Crippen molar-refractivity contribution in [3.63, 3.8) is 0 Å². The number of carbonyl (C=O) groups excluding carboxylic acids is 3. The molecule has 0 saturated carbocycles. The van der Waals surface area contributed by atoms with Gasteiger partial charge in [0.15, 0.2) is 5.76 Å². The van der Waals surface area contributed by atoms with E-state index >= 15 is 0 Å². The van der Waals surface area contributed by atoms with Crippen LogP contribution in [0.1, 0.15) is 24.5 Å². The topological polar surface area (TPSA) is 63.7 Å². The number of para-hydroxylation sites is 1. The molecule has 2 aliphatic rings. The molecule has 1 unspecified atom stereocenters. The summed E-state index contributed by atoms with van der Waals surface area (Å²) >= 11 is 0. The number of anilines is 1. The van der Waals surface area contributed by atoms with Gasteiger partial charge < -0.3 is 4.74 Å². The highest BCUT2D eigenvalue weighted by atomic mass is 16.5. The number of ether oxygens (including phenoxy) is 1. The van der Waals surface area contributed by atoms with E-state index in [1.54, 1.807) is 30.3 Å². The number of hydrogen-bond acceptors (Lipinski definition) is 4. The van der Waals surface area contributed by atoms with Crippen molar-refractivity contribution in [2.24, 2.45) is 0 Å². The van der Waals surface area contributed by atoms with Gasteiger partial charge in [0.2, 0.25) is 17.3 Å². The predicted octanol–water partition coefficient (Wildman–Crippen LogP) is 2.81. The standard InChI is InChI=1S/C20H15NO4/c1-13(22)21-16-10-6-5-9-15(16)20(19(21)24)12-17(23)18(25-20)11-14-7-3-2-4-8-14/h2-11H,12H2,1H3/b18-11-. The molecule has 2 aromatic rings. The van der Waals surface area contributed by atoms with Crippen LogP contribution in [0.4, 0.5) is 5.69 Å². The zero-order chi connectivity index (χ0) is 17.6. The average molecular weight is 333 g/mol. The summed E-state index contributed by atoms with van der Waals surface area (Å²) in [5, 5.41) is 0. The number of carbonyl (C=O) groups is 3. The summed E-state index contributed by atoms with van der Waals surface area (Å²) in [4.78, 5) is 38.5. The SMILES string of the molecule is CC(=O)N1C(=O)C2(CC(=O)/C(=C/c3ccccc3)O2)c2ccccc21. The van der Waals surface area contributed by atoms with E-state index in [9.17, 15) is 14.4 Å². The molecule has 5 heteroatoms. The van der Waals surface area contributed by atoms with Gasteiger partial charge in [-0.3, -0.25) is 14.4 Å². The normalized spacial score (nSPS) is 23.2. The van der Waals surface area contributed by atoms with E-state index < -0.39 is 17.4 Å². The highest BCUT2D eigenvalue weighted by molar-refractivity contribution is 6.24. The molecule has 0 radical (unpaired) electrons. The van der Waals surface area contributed by atoms with Crippen molar-refractivity contribution in [2.75, 3.05) is 4.90 Å². The van der Waals surface area contributed by atoms with Gasteiger partial charge in [0, 0.05) is 12.5 Å². The van der Waals surface area contributed by atoms with Crippen LogP contribution in [0.15, 0.2) is 60.4 Å². The fourth-order valence-electron chi connectivity index (χ4n) is 3.40. The van der Waals surface area contributed by atoms with Crippen molar-refractivity contribution in [3.8, 4) is 0 Å². The number of Topliss-reactive ketones (excluding diaryl/α,β-unsaturated/α-hetero) is 1. The molecule has 1 fully saturated rings. The predicted molar refractivity (Wildman–Crippen MR) is 91.4 cm³/mol. The van der Waals surface area contributed by atoms with Gasteiger partial charge in [-0.05, 0) is 17.7 Å². The molecule has 2 aliphatic heterocycles. The number of benzene rings is 2. The van der Waals surface area contributed by atoms with Crippen LogP contribution in [0.5, 0.6) is 0 Å². The van der Waals surface area contributed by atoms with Crippen LogP contribution < -0.4 is 4.90 Å². The fraction of sp³-hybridized carbons (Fsp3) is 0.150. The highest BCUT2D eigenvalue weighted by Crippen LogP contribution is 2.50. The third-order valence-electron chi connectivity index (χ3n) is 4.51. The summed E-state index contributed by atoms with van der Waals surface area (Å²) in [6, 6.07) is 16.2. The molecule has 2 amide bonds. The van der Waals surface area contributed by atoms with Crippen LogP contribution >= 0.6 is 0 Å². The molecule has 0 aromatic heterocycles. The minimum Gasteiger partial charge on any atom is -0.468 e. The summed E-state index contributed by atoms with van der Waals surface area (Å²) in [7, 11) is 0. The van der Waals surface area contributed by atoms with Gasteiger partial charge in [0.1, 0.15) is 0 Å². The van der Waals surface area contributed by atoms with Gasteiger partial charge in [-0.15, -0.1) is 0 Å². The van der Waals surface area contributed by atoms with E-state index in [1.807, 2.05) is 30.3 Å². The molecule has 1 spiro atoms. The Labute approximate surface area is 144 Å². The Morgan fingerprint density at radius 3 is 2.48 bits per heavy atom. The van der Waals surface area contributed by atoms with Crippen molar-refractivity contribution in [1.82, 2.24) is 0 Å². The van der Waals surface area contributed by atoms with Gasteiger partial charge in [-0.2, -0.15) is 0 Å². The Balaban J connectivity index is 1.81. The highest BCUT2D eigenvalue weighted by Gasteiger charge is 2.59. The average Bonchev–Trinajstić information content (AvgIpc) is 3.05. The quantitative estimate of drug-likeness (QED) is 0.753. The summed E-state index contributed by atoms with van der Waals surface area (Å²) in [5.74, 6) is -1.02. The van der Waals surface area contributed by atoms with E-state index in [4.69, 9.17) is 4.74 Å². The number of rotatable bonds is 1. The van der Waals surface area contributed by atoms with E-state index in [1.165, 1.54) is 6.92 Å². The molecule has 4 rings (SSSR count). The van der Waals surface area contributed by atoms with Gasteiger partial charge in [-0.25, -0.2) is 4.90 Å². The summed E-state index contributed by atoms with van der Waals surface area (Å²) in [6.45, 7) is 1.32. The molecule has 2 aromatic carbocycles. The molecule has 1 saturated heterocycles. The minimum atomic E-state index is -1.44. The number of imide groups is 1. The van der Waals surface area contributed by atoms with Gasteiger partial charge >= 0.3 is 0 Å². The number of nitrogens with zero attached hydrogens (tertiary/aromatic N) is 1. The lowest BCUT2D eigenvalue weighted by atomic mass is 9.92. The second-order valence-corrected chi connectivity index (χ2v) is 6.13. The first-order valence-electron chi connectivity index (χ1n) is 7.96. The van der Waals surface area contributed by atoms with Crippen LogP contribution in [0.25, 0.3) is 6.08 Å². The maximum atomic E-state index is 13.0. The van der Waals surface area contributed by atoms with Crippen LogP contribution in [0.3, 0.4) is 0 Å². The Morgan fingerprint density at radius 1 is 1.08 bits per heavy atom.